The second kappa shape index (κ2) is 9.20. The monoisotopic (exact) mass is 401 g/mol. The minimum absolute atomic E-state index is 0.0526. The standard InChI is InChI=1S/C25H27N3O2/c1-18-7-6-8-21(13-11-18)28-24-10-5-4-9-22(24)27-23-14-12-19(15-25(23)28)26-20(16-29-2)17-30-3/h4-5,7-15,20H,6,16-17H2,1-3H3. The van der Waals surface area contributed by atoms with E-state index in [1.165, 1.54) is 5.57 Å². The maximum atomic E-state index is 5.30. The van der Waals surface area contributed by atoms with E-state index in [1.54, 1.807) is 14.2 Å². The highest BCUT2D eigenvalue weighted by molar-refractivity contribution is 5.86. The molecule has 0 unspecified atom stereocenters. The number of hydrogen-bond donors (Lipinski definition) is 0. The predicted molar refractivity (Wildman–Crippen MR) is 121 cm³/mol. The van der Waals surface area contributed by atoms with E-state index in [0.29, 0.717) is 13.2 Å². The first kappa shape index (κ1) is 20.3. The molecule has 154 valence electrons. The van der Waals surface area contributed by atoms with Crippen LogP contribution in [0.1, 0.15) is 13.3 Å². The van der Waals surface area contributed by atoms with Crippen LogP contribution >= 0.6 is 0 Å². The van der Waals surface area contributed by atoms with Crippen LogP contribution in [0.3, 0.4) is 0 Å². The van der Waals surface area contributed by atoms with E-state index in [-0.39, 0.29) is 6.04 Å². The fourth-order valence-electron chi connectivity index (χ4n) is 3.75. The molecule has 0 fully saturated rings. The molecule has 4 rings (SSSR count). The molecule has 0 aromatic heterocycles. The Hall–Kier alpha value is -3.02. The van der Waals surface area contributed by atoms with E-state index in [4.69, 9.17) is 19.5 Å². The summed E-state index contributed by atoms with van der Waals surface area (Å²) in [7, 11) is 3.37. The summed E-state index contributed by atoms with van der Waals surface area (Å²) in [5.74, 6) is 0. The van der Waals surface area contributed by atoms with Crippen molar-refractivity contribution in [3.8, 4) is 11.4 Å². The van der Waals surface area contributed by atoms with Crippen LogP contribution in [0.2, 0.25) is 0 Å². The Morgan fingerprint density at radius 1 is 1.03 bits per heavy atom. The maximum absolute atomic E-state index is 5.30. The molecule has 5 nitrogen and oxygen atoms in total. The number of fused-ring (bicyclic) bond motifs is 2. The van der Waals surface area contributed by atoms with Gasteiger partial charge >= 0.3 is 0 Å². The van der Waals surface area contributed by atoms with Crippen molar-refractivity contribution in [2.24, 2.45) is 4.99 Å². The molecule has 5 heteroatoms. The highest BCUT2D eigenvalue weighted by atomic mass is 16.5. The number of allylic oxidation sites excluding steroid dienone is 6. The topological polar surface area (TPSA) is 48.6 Å². The number of nitrogens with zero attached hydrogens (tertiary/aromatic N) is 3. The van der Waals surface area contributed by atoms with Gasteiger partial charge in [0.1, 0.15) is 0 Å². The zero-order valence-corrected chi connectivity index (χ0v) is 17.7. The van der Waals surface area contributed by atoms with E-state index in [1.807, 2.05) is 18.2 Å². The minimum atomic E-state index is -0.0526. The summed E-state index contributed by atoms with van der Waals surface area (Å²) in [5, 5.41) is 0.889. The maximum Gasteiger partial charge on any atom is 0.0972 e. The second-order valence-corrected chi connectivity index (χ2v) is 7.45. The lowest BCUT2D eigenvalue weighted by molar-refractivity contribution is 0.118. The molecule has 0 spiro atoms. The lowest BCUT2D eigenvalue weighted by Crippen LogP contribution is -2.22. The first-order chi connectivity index (χ1) is 14.7. The summed E-state index contributed by atoms with van der Waals surface area (Å²) in [6.07, 6.45) is 9.71. The van der Waals surface area contributed by atoms with Crippen molar-refractivity contribution in [2.75, 3.05) is 27.4 Å². The van der Waals surface area contributed by atoms with Gasteiger partial charge in [0, 0.05) is 19.9 Å². The van der Waals surface area contributed by atoms with Crippen molar-refractivity contribution in [2.45, 2.75) is 19.4 Å². The van der Waals surface area contributed by atoms with Crippen molar-refractivity contribution in [1.29, 1.82) is 0 Å². The number of methoxy groups -OCH3 is 2. The van der Waals surface area contributed by atoms with Crippen molar-refractivity contribution >= 4 is 16.7 Å². The van der Waals surface area contributed by atoms with Crippen molar-refractivity contribution in [3.63, 3.8) is 0 Å². The van der Waals surface area contributed by atoms with Crippen LogP contribution in [0.15, 0.2) is 77.3 Å². The average Bonchev–Trinajstić information content (AvgIpc) is 2.97. The molecule has 0 N–H and O–H groups in total. The predicted octanol–water partition coefficient (Wildman–Crippen LogP) is 4.45. The number of aromatic nitrogens is 2. The molecule has 2 aliphatic carbocycles. The van der Waals surface area contributed by atoms with Crippen molar-refractivity contribution in [3.05, 3.63) is 77.7 Å². The quantitative estimate of drug-likeness (QED) is 0.574. The zero-order valence-electron chi connectivity index (χ0n) is 17.7. The zero-order chi connectivity index (χ0) is 20.9. The van der Waals surface area contributed by atoms with Crippen LogP contribution in [-0.4, -0.2) is 43.0 Å². The van der Waals surface area contributed by atoms with E-state index in [2.05, 4.69) is 60.1 Å². The van der Waals surface area contributed by atoms with Crippen LogP contribution in [-0.2, 0) is 9.47 Å². The normalized spacial score (nSPS) is 15.0. The Balaban J connectivity index is 1.94. The van der Waals surface area contributed by atoms with E-state index >= 15 is 0 Å². The molecular weight excluding hydrogens is 374 g/mol. The van der Waals surface area contributed by atoms with Gasteiger partial charge in [-0.25, -0.2) is 4.98 Å². The van der Waals surface area contributed by atoms with Crippen molar-refractivity contribution < 1.29 is 9.47 Å². The van der Waals surface area contributed by atoms with Crippen LogP contribution < -0.4 is 5.36 Å². The van der Waals surface area contributed by atoms with Gasteiger partial charge in [0.15, 0.2) is 0 Å². The summed E-state index contributed by atoms with van der Waals surface area (Å²) < 4.78 is 12.9. The van der Waals surface area contributed by atoms with Gasteiger partial charge in [-0.05, 0) is 49.8 Å². The molecule has 0 saturated heterocycles. The Labute approximate surface area is 177 Å². The van der Waals surface area contributed by atoms with Crippen molar-refractivity contribution in [1.82, 2.24) is 9.55 Å². The van der Waals surface area contributed by atoms with E-state index < -0.39 is 0 Å². The number of benzene rings is 2. The largest absolute Gasteiger partial charge is 0.382 e. The number of ether oxygens (including phenoxy) is 2. The Kier molecular flexibility index (Phi) is 6.21. The van der Waals surface area contributed by atoms with Crippen LogP contribution in [0.5, 0.6) is 0 Å². The summed E-state index contributed by atoms with van der Waals surface area (Å²) in [5.41, 5.74) is 6.40. The summed E-state index contributed by atoms with van der Waals surface area (Å²) in [6, 6.07) is 14.4. The molecule has 0 atom stereocenters. The van der Waals surface area contributed by atoms with Gasteiger partial charge in [0.25, 0.3) is 0 Å². The fraction of sp³-hybridized carbons (Fsp3) is 0.280. The van der Waals surface area contributed by atoms with Crippen LogP contribution in [0, 0.1) is 0 Å². The van der Waals surface area contributed by atoms with E-state index in [0.717, 1.165) is 39.9 Å². The number of para-hydroxylation sites is 2. The lowest BCUT2D eigenvalue weighted by Gasteiger charge is -2.19. The van der Waals surface area contributed by atoms with Gasteiger partial charge < -0.3 is 14.0 Å². The molecule has 3 aliphatic rings. The summed E-state index contributed by atoms with van der Waals surface area (Å²) in [6.45, 7) is 3.16. The van der Waals surface area contributed by atoms with Gasteiger partial charge in [0.05, 0.1) is 47.0 Å². The van der Waals surface area contributed by atoms with Gasteiger partial charge in [-0.1, -0.05) is 35.9 Å². The first-order valence-corrected chi connectivity index (χ1v) is 10.2. The molecule has 1 aromatic rings. The minimum Gasteiger partial charge on any atom is -0.382 e. The second-order valence-electron chi connectivity index (χ2n) is 7.45. The SMILES string of the molecule is COCC(COC)N=c1ccc2nc3ccccc3n(C3=CCC=C(C)C=C3)c-2c1. The smallest absolute Gasteiger partial charge is 0.0972 e. The molecule has 0 radical (unpaired) electrons. The molecule has 1 aromatic carbocycles. The third-order valence-corrected chi connectivity index (χ3v) is 5.16. The van der Waals surface area contributed by atoms with Gasteiger partial charge in [0.2, 0.25) is 0 Å². The lowest BCUT2D eigenvalue weighted by atomic mass is 10.1. The fourth-order valence-corrected chi connectivity index (χ4v) is 3.75. The summed E-state index contributed by atoms with van der Waals surface area (Å²) in [4.78, 5) is 9.73. The van der Waals surface area contributed by atoms with Crippen LogP contribution in [0.25, 0.3) is 28.1 Å². The molecule has 1 aliphatic heterocycles. The number of rotatable bonds is 6. The van der Waals surface area contributed by atoms with E-state index in [9.17, 15) is 0 Å². The Morgan fingerprint density at radius 3 is 2.63 bits per heavy atom. The first-order valence-electron chi connectivity index (χ1n) is 10.2. The molecule has 1 heterocycles. The Morgan fingerprint density at radius 2 is 1.83 bits per heavy atom. The highest BCUT2D eigenvalue weighted by Crippen LogP contribution is 2.29. The molecular formula is C25H27N3O2. The molecule has 0 saturated carbocycles. The van der Waals surface area contributed by atoms with Crippen LogP contribution in [0.4, 0.5) is 0 Å². The third kappa shape index (κ3) is 4.27. The molecule has 0 amide bonds. The number of hydrogen-bond acceptors (Lipinski definition) is 4. The summed E-state index contributed by atoms with van der Waals surface area (Å²) >= 11 is 0. The molecule has 30 heavy (non-hydrogen) atoms. The van der Waals surface area contributed by atoms with Gasteiger partial charge in [-0.2, -0.15) is 0 Å². The molecule has 0 bridgehead atoms. The third-order valence-electron chi connectivity index (χ3n) is 5.16. The highest BCUT2D eigenvalue weighted by Gasteiger charge is 2.15. The average molecular weight is 402 g/mol. The Bertz CT molecular complexity index is 1160. The van der Waals surface area contributed by atoms with Gasteiger partial charge in [-0.3, -0.25) is 4.99 Å². The van der Waals surface area contributed by atoms with Gasteiger partial charge in [-0.15, -0.1) is 0 Å².